The summed E-state index contributed by atoms with van der Waals surface area (Å²) in [6.07, 6.45) is 0.786. The molecule has 0 aliphatic rings. The Morgan fingerprint density at radius 3 is 2.33 bits per heavy atom. The van der Waals surface area contributed by atoms with Crippen LogP contribution in [0.5, 0.6) is 0 Å². The van der Waals surface area contributed by atoms with Gasteiger partial charge in [0.25, 0.3) is 0 Å². The number of aliphatic hydroxyl groups is 1. The van der Waals surface area contributed by atoms with Crippen LogP contribution in [0.25, 0.3) is 0 Å². The van der Waals surface area contributed by atoms with Crippen molar-refractivity contribution >= 4 is 5.91 Å². The quantitative estimate of drug-likeness (QED) is 0.605. The molecule has 4 N–H and O–H groups in total. The van der Waals surface area contributed by atoms with Crippen LogP contribution < -0.4 is 11.1 Å². The zero-order valence-corrected chi connectivity index (χ0v) is 10.2. The van der Waals surface area contributed by atoms with Gasteiger partial charge in [0.1, 0.15) is 0 Å². The monoisotopic (exact) mass is 216 g/mol. The van der Waals surface area contributed by atoms with E-state index in [1.807, 2.05) is 0 Å². The second kappa shape index (κ2) is 6.08. The summed E-state index contributed by atoms with van der Waals surface area (Å²) in [6, 6.07) is 0. The Labute approximate surface area is 92.2 Å². The minimum Gasteiger partial charge on any atom is -0.389 e. The van der Waals surface area contributed by atoms with Crippen molar-refractivity contribution in [1.29, 1.82) is 0 Å². The van der Waals surface area contributed by atoms with Crippen molar-refractivity contribution in [3.8, 4) is 0 Å². The lowest BCUT2D eigenvalue weighted by Crippen LogP contribution is -2.43. The van der Waals surface area contributed by atoms with Crippen molar-refractivity contribution in [3.63, 3.8) is 0 Å². The summed E-state index contributed by atoms with van der Waals surface area (Å²) in [5.74, 6) is 0.243. The smallest absolute Gasteiger partial charge is 0.224 e. The number of carbonyl (C=O) groups excluding carboxylic acids is 1. The zero-order valence-electron chi connectivity index (χ0n) is 10.2. The molecule has 0 aliphatic carbocycles. The molecule has 0 saturated heterocycles. The molecule has 1 atom stereocenters. The van der Waals surface area contributed by atoms with Crippen LogP contribution in [-0.4, -0.2) is 29.7 Å². The molecular formula is C11H24N2O2. The molecule has 0 aromatic heterocycles. The Hall–Kier alpha value is -0.610. The largest absolute Gasteiger partial charge is 0.389 e. The molecule has 0 spiro atoms. The Bertz CT molecular complexity index is 197. The highest BCUT2D eigenvalue weighted by Crippen LogP contribution is 2.10. The molecule has 0 radical (unpaired) electrons. The fourth-order valence-electron chi connectivity index (χ4n) is 1.33. The van der Waals surface area contributed by atoms with Crippen LogP contribution in [0.3, 0.4) is 0 Å². The van der Waals surface area contributed by atoms with Gasteiger partial charge in [-0.1, -0.05) is 13.8 Å². The van der Waals surface area contributed by atoms with E-state index in [-0.39, 0.29) is 18.4 Å². The van der Waals surface area contributed by atoms with E-state index >= 15 is 0 Å². The Balaban J connectivity index is 4.05. The maximum Gasteiger partial charge on any atom is 0.224 e. The normalized spacial score (nSPS) is 14.1. The number of amides is 1. The number of carbonyl (C=O) groups is 1. The van der Waals surface area contributed by atoms with Crippen LogP contribution in [-0.2, 0) is 4.79 Å². The van der Waals surface area contributed by atoms with Crippen LogP contribution in [0.15, 0.2) is 0 Å². The molecule has 90 valence electrons. The summed E-state index contributed by atoms with van der Waals surface area (Å²) in [6.45, 7) is 8.06. The topological polar surface area (TPSA) is 75.4 Å². The number of hydrogen-bond acceptors (Lipinski definition) is 3. The van der Waals surface area contributed by atoms with Gasteiger partial charge < -0.3 is 16.2 Å². The van der Waals surface area contributed by atoms with E-state index in [1.54, 1.807) is 13.8 Å². The SMILES string of the molecule is CC(C)CC(CN)C(=O)NCC(C)(C)O. The predicted molar refractivity (Wildman–Crippen MR) is 61.3 cm³/mol. The molecule has 0 bridgehead atoms. The van der Waals surface area contributed by atoms with E-state index < -0.39 is 5.60 Å². The van der Waals surface area contributed by atoms with E-state index in [4.69, 9.17) is 5.73 Å². The van der Waals surface area contributed by atoms with E-state index in [2.05, 4.69) is 19.2 Å². The third-order valence-corrected chi connectivity index (χ3v) is 2.11. The first kappa shape index (κ1) is 14.4. The van der Waals surface area contributed by atoms with Gasteiger partial charge in [-0.25, -0.2) is 0 Å². The van der Waals surface area contributed by atoms with E-state index in [0.717, 1.165) is 6.42 Å². The second-order valence-electron chi connectivity index (χ2n) is 5.09. The molecular weight excluding hydrogens is 192 g/mol. The van der Waals surface area contributed by atoms with Gasteiger partial charge in [-0.15, -0.1) is 0 Å². The van der Waals surface area contributed by atoms with Crippen molar-refractivity contribution in [2.24, 2.45) is 17.6 Å². The first-order valence-electron chi connectivity index (χ1n) is 5.46. The molecule has 1 unspecified atom stereocenters. The van der Waals surface area contributed by atoms with Crippen LogP contribution in [0.4, 0.5) is 0 Å². The standard InChI is InChI=1S/C11H24N2O2/c1-8(2)5-9(6-12)10(14)13-7-11(3,4)15/h8-9,15H,5-7,12H2,1-4H3,(H,13,14). The van der Waals surface area contributed by atoms with Crippen molar-refractivity contribution in [2.75, 3.05) is 13.1 Å². The fraction of sp³-hybridized carbons (Fsp3) is 0.909. The highest BCUT2D eigenvalue weighted by atomic mass is 16.3. The molecule has 4 nitrogen and oxygen atoms in total. The molecule has 0 heterocycles. The van der Waals surface area contributed by atoms with Crippen LogP contribution in [0.1, 0.15) is 34.1 Å². The molecule has 15 heavy (non-hydrogen) atoms. The van der Waals surface area contributed by atoms with Gasteiger partial charge in [0, 0.05) is 13.1 Å². The maximum atomic E-state index is 11.7. The average Bonchev–Trinajstić information content (AvgIpc) is 2.08. The van der Waals surface area contributed by atoms with E-state index in [0.29, 0.717) is 12.5 Å². The molecule has 0 saturated carbocycles. The third-order valence-electron chi connectivity index (χ3n) is 2.11. The molecule has 0 aromatic carbocycles. The summed E-state index contributed by atoms with van der Waals surface area (Å²) in [4.78, 5) is 11.7. The highest BCUT2D eigenvalue weighted by Gasteiger charge is 2.20. The Morgan fingerprint density at radius 2 is 2.00 bits per heavy atom. The zero-order chi connectivity index (χ0) is 12.1. The van der Waals surface area contributed by atoms with E-state index in [9.17, 15) is 9.90 Å². The summed E-state index contributed by atoms with van der Waals surface area (Å²) < 4.78 is 0. The Morgan fingerprint density at radius 1 is 1.47 bits per heavy atom. The van der Waals surface area contributed by atoms with Crippen LogP contribution in [0.2, 0.25) is 0 Å². The van der Waals surface area contributed by atoms with Crippen molar-refractivity contribution in [2.45, 2.75) is 39.7 Å². The number of nitrogens with two attached hydrogens (primary N) is 1. The fourth-order valence-corrected chi connectivity index (χ4v) is 1.33. The first-order chi connectivity index (χ1) is 6.76. The number of rotatable bonds is 6. The molecule has 1 amide bonds. The van der Waals surface area contributed by atoms with Crippen molar-refractivity contribution < 1.29 is 9.90 Å². The summed E-state index contributed by atoms with van der Waals surface area (Å²) in [7, 11) is 0. The lowest BCUT2D eigenvalue weighted by atomic mass is 9.96. The lowest BCUT2D eigenvalue weighted by Gasteiger charge is -2.21. The summed E-state index contributed by atoms with van der Waals surface area (Å²) in [5, 5.41) is 12.2. The maximum absolute atomic E-state index is 11.7. The number of nitrogens with one attached hydrogen (secondary N) is 1. The Kier molecular flexibility index (Phi) is 5.83. The third kappa shape index (κ3) is 7.33. The molecule has 0 aliphatic heterocycles. The van der Waals surface area contributed by atoms with Gasteiger partial charge in [0.2, 0.25) is 5.91 Å². The second-order valence-corrected chi connectivity index (χ2v) is 5.09. The molecule has 0 fully saturated rings. The molecule has 0 rings (SSSR count). The van der Waals surface area contributed by atoms with Crippen molar-refractivity contribution in [1.82, 2.24) is 5.32 Å². The lowest BCUT2D eigenvalue weighted by molar-refractivity contribution is -0.126. The van der Waals surface area contributed by atoms with Gasteiger partial charge in [-0.3, -0.25) is 4.79 Å². The van der Waals surface area contributed by atoms with Crippen LogP contribution in [0, 0.1) is 11.8 Å². The van der Waals surface area contributed by atoms with Gasteiger partial charge in [-0.05, 0) is 26.2 Å². The summed E-state index contributed by atoms with van der Waals surface area (Å²) in [5.41, 5.74) is 4.67. The van der Waals surface area contributed by atoms with Gasteiger partial charge in [-0.2, -0.15) is 0 Å². The molecule has 0 aromatic rings. The van der Waals surface area contributed by atoms with Gasteiger partial charge in [0.05, 0.1) is 11.5 Å². The number of hydrogen-bond donors (Lipinski definition) is 3. The van der Waals surface area contributed by atoms with Crippen LogP contribution >= 0.6 is 0 Å². The molecule has 4 heteroatoms. The minimum atomic E-state index is -0.868. The highest BCUT2D eigenvalue weighted by molar-refractivity contribution is 5.78. The predicted octanol–water partition coefficient (Wildman–Crippen LogP) is 0.495. The summed E-state index contributed by atoms with van der Waals surface area (Å²) >= 11 is 0. The van der Waals surface area contributed by atoms with Gasteiger partial charge in [0.15, 0.2) is 0 Å². The van der Waals surface area contributed by atoms with Gasteiger partial charge >= 0.3 is 0 Å². The first-order valence-corrected chi connectivity index (χ1v) is 5.46. The van der Waals surface area contributed by atoms with E-state index in [1.165, 1.54) is 0 Å². The average molecular weight is 216 g/mol. The minimum absolute atomic E-state index is 0.0617. The van der Waals surface area contributed by atoms with Crippen molar-refractivity contribution in [3.05, 3.63) is 0 Å².